The summed E-state index contributed by atoms with van der Waals surface area (Å²) < 4.78 is 0. The number of nitrogens with zero attached hydrogens (tertiary/aromatic N) is 2. The number of benzene rings is 2. The Hall–Kier alpha value is -2.95. The van der Waals surface area contributed by atoms with Crippen molar-refractivity contribution in [3.63, 3.8) is 0 Å². The molecule has 2 amide bonds. The summed E-state index contributed by atoms with van der Waals surface area (Å²) in [6.45, 7) is 2.55. The molecule has 0 spiro atoms. The average Bonchev–Trinajstić information content (AvgIpc) is 2.70. The molecular weight excluding hydrogens is 326 g/mol. The van der Waals surface area contributed by atoms with Crippen LogP contribution in [0.4, 0.5) is 5.69 Å². The van der Waals surface area contributed by atoms with E-state index in [4.69, 9.17) is 0 Å². The van der Waals surface area contributed by atoms with E-state index in [-0.39, 0.29) is 24.7 Å². The van der Waals surface area contributed by atoms with Crippen molar-refractivity contribution in [1.82, 2.24) is 5.43 Å². The summed E-state index contributed by atoms with van der Waals surface area (Å²) in [5, 5.41) is 4.11. The van der Waals surface area contributed by atoms with Crippen molar-refractivity contribution in [2.75, 3.05) is 11.4 Å². The molecule has 0 radical (unpaired) electrons. The van der Waals surface area contributed by atoms with Gasteiger partial charge in [-0.1, -0.05) is 48.5 Å². The van der Waals surface area contributed by atoms with Crippen LogP contribution in [0.2, 0.25) is 0 Å². The van der Waals surface area contributed by atoms with Gasteiger partial charge in [-0.3, -0.25) is 9.59 Å². The Labute approximate surface area is 153 Å². The highest BCUT2D eigenvalue weighted by Crippen LogP contribution is 2.27. The molecular formula is C21H23N3O2. The Balaban J connectivity index is 1.53. The maximum atomic E-state index is 12.5. The lowest BCUT2D eigenvalue weighted by atomic mass is 10.0. The lowest BCUT2D eigenvalue weighted by molar-refractivity contribution is -0.125. The van der Waals surface area contributed by atoms with Crippen molar-refractivity contribution in [3.05, 3.63) is 65.7 Å². The van der Waals surface area contributed by atoms with E-state index in [1.807, 2.05) is 55.5 Å². The van der Waals surface area contributed by atoms with E-state index in [0.717, 1.165) is 29.8 Å². The van der Waals surface area contributed by atoms with Crippen molar-refractivity contribution < 1.29 is 9.59 Å². The number of carbonyl (C=O) groups excluding carboxylic acids is 2. The van der Waals surface area contributed by atoms with Crippen LogP contribution >= 0.6 is 0 Å². The second-order valence-corrected chi connectivity index (χ2v) is 6.38. The van der Waals surface area contributed by atoms with Gasteiger partial charge in [0.2, 0.25) is 11.8 Å². The summed E-state index contributed by atoms with van der Waals surface area (Å²) in [4.78, 5) is 26.4. The quantitative estimate of drug-likeness (QED) is 0.665. The highest BCUT2D eigenvalue weighted by atomic mass is 16.2. The van der Waals surface area contributed by atoms with Crippen molar-refractivity contribution >= 4 is 23.2 Å². The first kappa shape index (κ1) is 17.9. The van der Waals surface area contributed by atoms with Crippen LogP contribution in [0.25, 0.3) is 0 Å². The molecule has 2 aromatic rings. The Morgan fingerprint density at radius 3 is 2.58 bits per heavy atom. The maximum absolute atomic E-state index is 12.5. The van der Waals surface area contributed by atoms with Gasteiger partial charge in [0.1, 0.15) is 0 Å². The fraction of sp³-hybridized carbons (Fsp3) is 0.286. The van der Waals surface area contributed by atoms with Crippen molar-refractivity contribution in [2.45, 2.75) is 32.6 Å². The number of hydrazone groups is 1. The van der Waals surface area contributed by atoms with Gasteiger partial charge in [-0.2, -0.15) is 5.10 Å². The van der Waals surface area contributed by atoms with Gasteiger partial charge in [-0.05, 0) is 37.0 Å². The molecule has 1 aliphatic heterocycles. The largest absolute Gasteiger partial charge is 0.312 e. The third kappa shape index (κ3) is 4.36. The van der Waals surface area contributed by atoms with E-state index in [0.29, 0.717) is 6.54 Å². The summed E-state index contributed by atoms with van der Waals surface area (Å²) in [6.07, 6.45) is 2.26. The summed E-state index contributed by atoms with van der Waals surface area (Å²) in [6, 6.07) is 17.6. The van der Waals surface area contributed by atoms with Gasteiger partial charge in [-0.15, -0.1) is 0 Å². The molecule has 0 fully saturated rings. The average molecular weight is 349 g/mol. The first-order valence-corrected chi connectivity index (χ1v) is 8.92. The Bertz CT molecular complexity index is 815. The zero-order valence-electron chi connectivity index (χ0n) is 14.9. The molecule has 0 aromatic heterocycles. The minimum Gasteiger partial charge on any atom is -0.312 e. The third-order valence-electron chi connectivity index (χ3n) is 4.52. The number of hydrogen-bond acceptors (Lipinski definition) is 3. The smallest absolute Gasteiger partial charge is 0.240 e. The third-order valence-corrected chi connectivity index (χ3v) is 4.52. The topological polar surface area (TPSA) is 61.8 Å². The first-order chi connectivity index (χ1) is 12.6. The molecule has 5 heteroatoms. The van der Waals surface area contributed by atoms with Crippen LogP contribution in [0.3, 0.4) is 0 Å². The molecule has 0 unspecified atom stereocenters. The fourth-order valence-corrected chi connectivity index (χ4v) is 3.09. The summed E-state index contributed by atoms with van der Waals surface area (Å²) >= 11 is 0. The molecule has 5 nitrogen and oxygen atoms in total. The fourth-order valence-electron chi connectivity index (χ4n) is 3.09. The van der Waals surface area contributed by atoms with E-state index in [1.54, 1.807) is 4.90 Å². The number of anilines is 1. The predicted molar refractivity (Wildman–Crippen MR) is 103 cm³/mol. The SMILES string of the molecule is CC(=NNC(=O)CCC(=O)N1CCCc2ccccc21)c1ccccc1. The molecule has 0 bridgehead atoms. The molecule has 26 heavy (non-hydrogen) atoms. The molecule has 0 saturated carbocycles. The number of para-hydroxylation sites is 1. The lowest BCUT2D eigenvalue weighted by Crippen LogP contribution is -2.36. The van der Waals surface area contributed by atoms with E-state index >= 15 is 0 Å². The molecule has 3 rings (SSSR count). The highest BCUT2D eigenvalue weighted by molar-refractivity contribution is 5.99. The predicted octanol–water partition coefficient (Wildman–Crippen LogP) is 3.29. The number of nitrogens with one attached hydrogen (secondary N) is 1. The minimum atomic E-state index is -0.251. The van der Waals surface area contributed by atoms with Gasteiger partial charge in [0, 0.05) is 25.1 Å². The number of aryl methyl sites for hydroxylation is 1. The van der Waals surface area contributed by atoms with Crippen LogP contribution < -0.4 is 10.3 Å². The molecule has 0 aliphatic carbocycles. The van der Waals surface area contributed by atoms with Gasteiger partial charge in [0.15, 0.2) is 0 Å². The van der Waals surface area contributed by atoms with Crippen LogP contribution in [0.15, 0.2) is 59.7 Å². The zero-order valence-corrected chi connectivity index (χ0v) is 14.9. The normalized spacial score (nSPS) is 13.9. The van der Waals surface area contributed by atoms with Crippen LogP contribution in [0, 0.1) is 0 Å². The van der Waals surface area contributed by atoms with Crippen LogP contribution in [-0.2, 0) is 16.0 Å². The van der Waals surface area contributed by atoms with Crippen molar-refractivity contribution in [2.24, 2.45) is 5.10 Å². The number of hydrogen-bond donors (Lipinski definition) is 1. The Kier molecular flexibility index (Phi) is 5.79. The van der Waals surface area contributed by atoms with E-state index in [9.17, 15) is 9.59 Å². The van der Waals surface area contributed by atoms with Crippen LogP contribution in [-0.4, -0.2) is 24.1 Å². The minimum absolute atomic E-state index is 0.0175. The monoisotopic (exact) mass is 349 g/mol. The number of amides is 2. The number of fused-ring (bicyclic) bond motifs is 1. The first-order valence-electron chi connectivity index (χ1n) is 8.92. The Morgan fingerprint density at radius 1 is 1.04 bits per heavy atom. The standard InChI is InChI=1S/C21H23N3O2/c1-16(17-8-3-2-4-9-17)22-23-20(25)13-14-21(26)24-15-7-11-18-10-5-6-12-19(18)24/h2-6,8-10,12H,7,11,13-15H2,1H3,(H,23,25). The van der Waals surface area contributed by atoms with Gasteiger partial charge in [-0.25, -0.2) is 5.43 Å². The molecule has 2 aromatic carbocycles. The molecule has 0 saturated heterocycles. The van der Waals surface area contributed by atoms with Crippen LogP contribution in [0.1, 0.15) is 37.3 Å². The number of carbonyl (C=O) groups is 2. The molecule has 1 N–H and O–H groups in total. The Morgan fingerprint density at radius 2 is 1.77 bits per heavy atom. The van der Waals surface area contributed by atoms with E-state index in [1.165, 1.54) is 5.56 Å². The summed E-state index contributed by atoms with van der Waals surface area (Å²) in [5.41, 5.74) is 6.39. The lowest BCUT2D eigenvalue weighted by Gasteiger charge is -2.29. The number of rotatable bonds is 5. The second-order valence-electron chi connectivity index (χ2n) is 6.38. The molecule has 1 aliphatic rings. The van der Waals surface area contributed by atoms with Gasteiger partial charge < -0.3 is 4.90 Å². The highest BCUT2D eigenvalue weighted by Gasteiger charge is 2.22. The second kappa shape index (κ2) is 8.43. The van der Waals surface area contributed by atoms with Gasteiger partial charge >= 0.3 is 0 Å². The molecule has 134 valence electrons. The maximum Gasteiger partial charge on any atom is 0.240 e. The van der Waals surface area contributed by atoms with Gasteiger partial charge in [0.05, 0.1) is 5.71 Å². The van der Waals surface area contributed by atoms with Crippen molar-refractivity contribution in [3.8, 4) is 0 Å². The van der Waals surface area contributed by atoms with E-state index in [2.05, 4.69) is 16.6 Å². The zero-order chi connectivity index (χ0) is 18.4. The summed E-state index contributed by atoms with van der Waals surface area (Å²) in [5.74, 6) is -0.269. The van der Waals surface area contributed by atoms with E-state index < -0.39 is 0 Å². The molecule has 1 heterocycles. The molecule has 0 atom stereocenters. The van der Waals surface area contributed by atoms with Crippen LogP contribution in [0.5, 0.6) is 0 Å². The van der Waals surface area contributed by atoms with Gasteiger partial charge in [0.25, 0.3) is 0 Å². The van der Waals surface area contributed by atoms with Crippen molar-refractivity contribution in [1.29, 1.82) is 0 Å². The summed E-state index contributed by atoms with van der Waals surface area (Å²) in [7, 11) is 0.